The number of hydrogen-bond acceptors (Lipinski definition) is 4. The molecule has 0 fully saturated rings. The van der Waals surface area contributed by atoms with E-state index in [4.69, 9.17) is 9.97 Å². The number of fused-ring (bicyclic) bond motifs is 1. The minimum absolute atomic E-state index is 0.748. The molecule has 0 amide bonds. The van der Waals surface area contributed by atoms with Gasteiger partial charge in [-0.2, -0.15) is 0 Å². The Bertz CT molecular complexity index is 1380. The van der Waals surface area contributed by atoms with Crippen LogP contribution in [0.2, 0.25) is 0 Å². The fourth-order valence-electron chi connectivity index (χ4n) is 4.32. The van der Waals surface area contributed by atoms with Crippen molar-refractivity contribution in [1.82, 2.24) is 14.5 Å². The molecular weight excluding hydrogens is 454 g/mol. The van der Waals surface area contributed by atoms with Crippen molar-refractivity contribution in [3.8, 4) is 22.4 Å². The summed E-state index contributed by atoms with van der Waals surface area (Å²) in [6.45, 7) is 5.09. The summed E-state index contributed by atoms with van der Waals surface area (Å²) in [5.41, 5.74) is 7.04. The van der Waals surface area contributed by atoms with Crippen LogP contribution >= 0.6 is 23.5 Å². The van der Waals surface area contributed by atoms with E-state index in [9.17, 15) is 0 Å². The minimum atomic E-state index is 0.748. The fourth-order valence-corrected chi connectivity index (χ4v) is 5.71. The number of rotatable bonds is 8. The van der Waals surface area contributed by atoms with E-state index in [1.165, 1.54) is 27.9 Å². The summed E-state index contributed by atoms with van der Waals surface area (Å²) >= 11 is 3.50. The zero-order valence-electron chi connectivity index (χ0n) is 19.4. The normalized spacial score (nSPS) is 11.2. The molecule has 3 aromatic carbocycles. The fraction of sp³-hybridized carbons (Fsp3) is 0.172. The van der Waals surface area contributed by atoms with Crippen molar-refractivity contribution in [1.29, 1.82) is 0 Å². The zero-order valence-corrected chi connectivity index (χ0v) is 21.1. The molecule has 0 saturated carbocycles. The van der Waals surface area contributed by atoms with Crippen LogP contribution in [0.1, 0.15) is 19.4 Å². The van der Waals surface area contributed by atoms with Gasteiger partial charge in [-0.1, -0.05) is 117 Å². The van der Waals surface area contributed by atoms with E-state index in [-0.39, 0.29) is 0 Å². The lowest BCUT2D eigenvalue weighted by Gasteiger charge is -2.13. The van der Waals surface area contributed by atoms with Gasteiger partial charge in [-0.15, -0.1) is 11.8 Å². The van der Waals surface area contributed by atoms with Gasteiger partial charge in [0, 0.05) is 12.1 Å². The molecule has 0 spiro atoms. The Morgan fingerprint density at radius 3 is 1.88 bits per heavy atom. The van der Waals surface area contributed by atoms with Gasteiger partial charge in [-0.05, 0) is 28.2 Å². The molecule has 34 heavy (non-hydrogen) atoms. The monoisotopic (exact) mass is 481 g/mol. The number of thioether (sulfide) groups is 2. The maximum Gasteiger partial charge on any atom is 0.190 e. The second kappa shape index (κ2) is 10.5. The van der Waals surface area contributed by atoms with Gasteiger partial charge in [0.25, 0.3) is 0 Å². The molecule has 0 atom stereocenters. The van der Waals surface area contributed by atoms with E-state index in [0.717, 1.165) is 39.3 Å². The second-order valence-electron chi connectivity index (χ2n) is 7.90. The molecule has 0 aliphatic heterocycles. The zero-order chi connectivity index (χ0) is 23.3. The average Bonchev–Trinajstić information content (AvgIpc) is 3.20. The van der Waals surface area contributed by atoms with Crippen molar-refractivity contribution < 1.29 is 0 Å². The van der Waals surface area contributed by atoms with Crippen molar-refractivity contribution in [3.05, 3.63) is 96.6 Å². The molecule has 0 saturated heterocycles. The highest BCUT2D eigenvalue weighted by molar-refractivity contribution is 7.99. The van der Waals surface area contributed by atoms with E-state index in [1.54, 1.807) is 23.5 Å². The molecule has 0 aliphatic rings. The van der Waals surface area contributed by atoms with Crippen LogP contribution in [0.3, 0.4) is 0 Å². The van der Waals surface area contributed by atoms with Crippen molar-refractivity contribution in [2.75, 3.05) is 11.5 Å². The molecule has 170 valence electrons. The van der Waals surface area contributed by atoms with Crippen molar-refractivity contribution in [2.24, 2.45) is 0 Å². The van der Waals surface area contributed by atoms with Gasteiger partial charge in [0.05, 0.1) is 11.1 Å². The summed E-state index contributed by atoms with van der Waals surface area (Å²) in [5.74, 6) is 1.90. The Labute approximate surface area is 209 Å². The van der Waals surface area contributed by atoms with Gasteiger partial charge in [0.15, 0.2) is 5.16 Å². The predicted octanol–water partition coefficient (Wildman–Crippen LogP) is 8.04. The minimum Gasteiger partial charge on any atom is -0.320 e. The van der Waals surface area contributed by atoms with Crippen LogP contribution < -0.4 is 0 Å². The van der Waals surface area contributed by atoms with Crippen LogP contribution in [0.15, 0.2) is 101 Å². The van der Waals surface area contributed by atoms with Gasteiger partial charge >= 0.3 is 0 Å². The first kappa shape index (κ1) is 22.8. The predicted molar refractivity (Wildman–Crippen MR) is 147 cm³/mol. The van der Waals surface area contributed by atoms with E-state index in [1.807, 2.05) is 0 Å². The SMILES string of the molecule is CCSc1nc(SCC)c2c(-c3ccccc3)c(-c3ccccc3)n(Cc3ccccc3)c2n1. The van der Waals surface area contributed by atoms with Crippen molar-refractivity contribution in [3.63, 3.8) is 0 Å². The molecule has 5 rings (SSSR count). The smallest absolute Gasteiger partial charge is 0.190 e. The van der Waals surface area contributed by atoms with Gasteiger partial charge in [-0.3, -0.25) is 0 Å². The highest BCUT2D eigenvalue weighted by atomic mass is 32.2. The lowest BCUT2D eigenvalue weighted by atomic mass is 9.99. The standard InChI is InChI=1S/C29H27N3S2/c1-3-33-28-25-24(22-16-10-6-11-17-22)26(23-18-12-7-13-19-23)32(20-21-14-8-5-9-15-21)27(25)30-29(31-28)34-4-2/h5-19H,3-4,20H2,1-2H3. The molecule has 0 aliphatic carbocycles. The van der Waals surface area contributed by atoms with E-state index >= 15 is 0 Å². The summed E-state index contributed by atoms with van der Waals surface area (Å²) in [6, 6.07) is 32.0. The first-order chi connectivity index (χ1) is 16.8. The number of hydrogen-bond donors (Lipinski definition) is 0. The Morgan fingerprint density at radius 1 is 0.676 bits per heavy atom. The van der Waals surface area contributed by atoms with Crippen LogP contribution in [-0.4, -0.2) is 26.0 Å². The van der Waals surface area contributed by atoms with Crippen LogP contribution in [0.25, 0.3) is 33.4 Å². The first-order valence-electron chi connectivity index (χ1n) is 11.6. The third-order valence-corrected chi connectivity index (χ3v) is 7.28. The third-order valence-electron chi connectivity index (χ3n) is 5.70. The van der Waals surface area contributed by atoms with Crippen LogP contribution in [0.5, 0.6) is 0 Å². The molecule has 3 nitrogen and oxygen atoms in total. The highest BCUT2D eigenvalue weighted by Gasteiger charge is 2.25. The summed E-state index contributed by atoms with van der Waals surface area (Å²) in [7, 11) is 0. The molecule has 2 aromatic heterocycles. The number of benzene rings is 3. The second-order valence-corrected chi connectivity index (χ2v) is 10.4. The lowest BCUT2D eigenvalue weighted by molar-refractivity contribution is 0.812. The largest absolute Gasteiger partial charge is 0.320 e. The maximum absolute atomic E-state index is 5.14. The summed E-state index contributed by atoms with van der Waals surface area (Å²) in [4.78, 5) is 10.2. The molecule has 5 heteroatoms. The maximum atomic E-state index is 5.14. The Hall–Kier alpha value is -3.02. The van der Waals surface area contributed by atoms with Crippen LogP contribution in [0.4, 0.5) is 0 Å². The van der Waals surface area contributed by atoms with Crippen molar-refractivity contribution in [2.45, 2.75) is 30.6 Å². The molecule has 0 bridgehead atoms. The molecule has 0 unspecified atom stereocenters. The van der Waals surface area contributed by atoms with Gasteiger partial charge in [0.2, 0.25) is 0 Å². The summed E-state index contributed by atoms with van der Waals surface area (Å²) in [5, 5.41) is 3.05. The van der Waals surface area contributed by atoms with Crippen LogP contribution in [0, 0.1) is 0 Å². The average molecular weight is 482 g/mol. The van der Waals surface area contributed by atoms with Crippen LogP contribution in [-0.2, 0) is 6.54 Å². The molecule has 2 heterocycles. The van der Waals surface area contributed by atoms with E-state index in [0.29, 0.717) is 0 Å². The molecule has 5 aromatic rings. The number of aromatic nitrogens is 3. The van der Waals surface area contributed by atoms with Gasteiger partial charge < -0.3 is 4.57 Å². The molecule has 0 N–H and O–H groups in total. The quantitative estimate of drug-likeness (QED) is 0.127. The molecular formula is C29H27N3S2. The van der Waals surface area contributed by atoms with E-state index < -0.39 is 0 Å². The summed E-state index contributed by atoms with van der Waals surface area (Å²) in [6.07, 6.45) is 0. The third kappa shape index (κ3) is 4.50. The highest BCUT2D eigenvalue weighted by Crippen LogP contribution is 2.44. The topological polar surface area (TPSA) is 30.7 Å². The number of nitrogens with zero attached hydrogens (tertiary/aromatic N) is 3. The molecule has 0 radical (unpaired) electrons. The Balaban J connectivity index is 1.91. The Morgan fingerprint density at radius 2 is 1.26 bits per heavy atom. The summed E-state index contributed by atoms with van der Waals surface area (Å²) < 4.78 is 2.39. The lowest BCUT2D eigenvalue weighted by Crippen LogP contribution is -2.04. The van der Waals surface area contributed by atoms with E-state index in [2.05, 4.69) is 109 Å². The van der Waals surface area contributed by atoms with Gasteiger partial charge in [0.1, 0.15) is 10.7 Å². The van der Waals surface area contributed by atoms with Crippen molar-refractivity contribution >= 4 is 34.6 Å². The first-order valence-corrected chi connectivity index (χ1v) is 13.6. The van der Waals surface area contributed by atoms with Gasteiger partial charge in [-0.25, -0.2) is 9.97 Å². The Kier molecular flexibility index (Phi) is 7.02.